The highest BCUT2D eigenvalue weighted by molar-refractivity contribution is 7.99. The maximum Gasteiger partial charge on any atom is 0.337 e. The second kappa shape index (κ2) is 9.03. The molecule has 2 N–H and O–H groups in total. The van der Waals surface area contributed by atoms with Gasteiger partial charge in [0.15, 0.2) is 11.5 Å². The number of hydrogen-bond acceptors (Lipinski definition) is 6. The molecular formula is C19H24N2O5S. The maximum absolute atomic E-state index is 12.4. The van der Waals surface area contributed by atoms with Crippen LogP contribution in [0.25, 0.3) is 0 Å². The molecular weight excluding hydrogens is 368 g/mol. The molecule has 0 unspecified atom stereocenters. The molecule has 0 saturated heterocycles. The van der Waals surface area contributed by atoms with E-state index in [0.717, 1.165) is 22.8 Å². The van der Waals surface area contributed by atoms with Crippen LogP contribution in [0.2, 0.25) is 0 Å². The Balaban J connectivity index is 1.79. The summed E-state index contributed by atoms with van der Waals surface area (Å²) < 4.78 is 16.6. The number of carbonyl (C=O) groups is 2. The number of hydrogen-bond donors (Lipinski definition) is 2. The van der Waals surface area contributed by atoms with Gasteiger partial charge in [0.1, 0.15) is 0 Å². The Labute approximate surface area is 162 Å². The monoisotopic (exact) mass is 392 g/mol. The number of rotatable bonds is 6. The van der Waals surface area contributed by atoms with Crippen molar-refractivity contribution >= 4 is 23.8 Å². The maximum atomic E-state index is 12.4. The van der Waals surface area contributed by atoms with E-state index < -0.39 is 5.97 Å². The van der Waals surface area contributed by atoms with Crippen molar-refractivity contribution in [3.63, 3.8) is 0 Å². The largest absolute Gasteiger partial charge is 0.490 e. The van der Waals surface area contributed by atoms with Crippen molar-refractivity contribution in [2.24, 2.45) is 0 Å². The van der Waals surface area contributed by atoms with Crippen LogP contribution >= 0.6 is 11.8 Å². The number of ether oxygens (including phenoxy) is 3. The molecule has 0 radical (unpaired) electrons. The minimum atomic E-state index is -0.397. The molecule has 1 aromatic rings. The molecule has 1 atom stereocenters. The average molecular weight is 392 g/mol. The predicted octanol–water partition coefficient (Wildman–Crippen LogP) is 2.85. The molecule has 0 bridgehead atoms. The fourth-order valence-electron chi connectivity index (χ4n) is 2.96. The first-order valence-corrected chi connectivity index (χ1v) is 10.1. The summed E-state index contributed by atoms with van der Waals surface area (Å²) in [6, 6.07) is 5.11. The Morgan fingerprint density at radius 1 is 1.26 bits per heavy atom. The average Bonchev–Trinajstić information content (AvgIpc) is 2.90. The summed E-state index contributed by atoms with van der Waals surface area (Å²) in [5, 5.41) is 5.54. The van der Waals surface area contributed by atoms with Crippen molar-refractivity contribution < 1.29 is 23.8 Å². The number of carbonyl (C=O) groups excluding carboxylic acids is 2. The summed E-state index contributed by atoms with van der Waals surface area (Å²) >= 11 is 1.52. The molecule has 0 aromatic heterocycles. The summed E-state index contributed by atoms with van der Waals surface area (Å²) in [6.45, 7) is 5.24. The Bertz CT molecular complexity index is 750. The van der Waals surface area contributed by atoms with Crippen molar-refractivity contribution in [1.82, 2.24) is 10.6 Å². The second-order valence-corrected chi connectivity index (χ2v) is 7.17. The minimum absolute atomic E-state index is 0.287. The molecule has 27 heavy (non-hydrogen) atoms. The predicted molar refractivity (Wildman–Crippen MR) is 102 cm³/mol. The van der Waals surface area contributed by atoms with Gasteiger partial charge in [-0.1, -0.05) is 6.92 Å². The summed E-state index contributed by atoms with van der Waals surface area (Å²) in [4.78, 5) is 25.3. The van der Waals surface area contributed by atoms with Gasteiger partial charge in [0.2, 0.25) is 0 Å². The third kappa shape index (κ3) is 4.68. The van der Waals surface area contributed by atoms with E-state index in [-0.39, 0.29) is 18.7 Å². The smallest absolute Gasteiger partial charge is 0.337 e. The number of benzene rings is 1. The molecule has 0 saturated carbocycles. The van der Waals surface area contributed by atoms with E-state index in [1.807, 2.05) is 25.1 Å². The van der Waals surface area contributed by atoms with E-state index in [1.165, 1.54) is 11.8 Å². The second-order valence-electron chi connectivity index (χ2n) is 6.12. The van der Waals surface area contributed by atoms with E-state index in [1.54, 1.807) is 6.92 Å². The number of thioether (sulfide) groups is 1. The van der Waals surface area contributed by atoms with Crippen LogP contribution in [0.1, 0.15) is 26.7 Å². The van der Waals surface area contributed by atoms with Gasteiger partial charge in [-0.25, -0.2) is 9.59 Å². The normalized spacial score (nSPS) is 19.0. The molecule has 2 aliphatic rings. The van der Waals surface area contributed by atoms with Gasteiger partial charge in [0, 0.05) is 22.8 Å². The van der Waals surface area contributed by atoms with E-state index in [2.05, 4.69) is 10.6 Å². The van der Waals surface area contributed by atoms with Crippen molar-refractivity contribution in [1.29, 1.82) is 0 Å². The lowest BCUT2D eigenvalue weighted by atomic mass is 10.0. The molecule has 2 amide bonds. The van der Waals surface area contributed by atoms with Gasteiger partial charge >= 0.3 is 12.0 Å². The van der Waals surface area contributed by atoms with E-state index in [9.17, 15) is 9.59 Å². The van der Waals surface area contributed by atoms with E-state index >= 15 is 0 Å². The summed E-state index contributed by atoms with van der Waals surface area (Å²) in [5.41, 5.74) is 1.07. The zero-order chi connectivity index (χ0) is 19.2. The van der Waals surface area contributed by atoms with Crippen LogP contribution in [-0.2, 0) is 9.53 Å². The van der Waals surface area contributed by atoms with Crippen molar-refractivity contribution in [3.8, 4) is 11.5 Å². The zero-order valence-corrected chi connectivity index (χ0v) is 16.3. The third-order valence-electron chi connectivity index (χ3n) is 4.25. The molecule has 0 aliphatic carbocycles. The molecule has 7 nitrogen and oxygen atoms in total. The highest BCUT2D eigenvalue weighted by atomic mass is 32.2. The van der Waals surface area contributed by atoms with Gasteiger partial charge in [-0.2, -0.15) is 0 Å². The lowest BCUT2D eigenvalue weighted by Crippen LogP contribution is -2.50. The summed E-state index contributed by atoms with van der Waals surface area (Å²) in [7, 11) is 0. The van der Waals surface area contributed by atoms with Gasteiger partial charge in [-0.05, 0) is 31.5 Å². The first-order chi connectivity index (χ1) is 13.1. The molecule has 8 heteroatoms. The molecule has 1 aromatic carbocycles. The standard InChI is InChI=1S/C19H24N2O5S/c1-3-13-17(18(22)24-4-2)14(21-19(23)20-13)11-27-12-6-7-15-16(10-12)26-9-5-8-25-15/h6-7,10,13H,3-5,8-9,11H2,1-2H3,(H2,20,21,23)/t13-/m1/s1. The number of urea groups is 1. The van der Waals surface area contributed by atoms with Gasteiger partial charge in [-0.3, -0.25) is 0 Å². The lowest BCUT2D eigenvalue weighted by molar-refractivity contribution is -0.139. The number of amides is 2. The number of nitrogens with one attached hydrogen (secondary N) is 2. The Morgan fingerprint density at radius 2 is 2.04 bits per heavy atom. The fraction of sp³-hybridized carbons (Fsp3) is 0.474. The minimum Gasteiger partial charge on any atom is -0.490 e. The van der Waals surface area contributed by atoms with E-state index in [4.69, 9.17) is 14.2 Å². The topological polar surface area (TPSA) is 85.9 Å². The molecule has 0 spiro atoms. The van der Waals surface area contributed by atoms with Crippen LogP contribution in [0.4, 0.5) is 4.79 Å². The Morgan fingerprint density at radius 3 is 2.78 bits per heavy atom. The van der Waals surface area contributed by atoms with Crippen LogP contribution in [0.3, 0.4) is 0 Å². The Hall–Kier alpha value is -2.35. The zero-order valence-electron chi connectivity index (χ0n) is 15.5. The molecule has 0 fully saturated rings. The van der Waals surface area contributed by atoms with E-state index in [0.29, 0.717) is 36.7 Å². The number of esters is 1. The molecule has 146 valence electrons. The Kier molecular flexibility index (Phi) is 6.49. The SMILES string of the molecule is CCOC(=O)C1=C(CSc2ccc3c(c2)OCCCO3)NC(=O)N[C@@H]1CC. The molecule has 3 rings (SSSR count). The highest BCUT2D eigenvalue weighted by Gasteiger charge is 2.31. The van der Waals surface area contributed by atoms with Crippen molar-refractivity contribution in [3.05, 3.63) is 29.5 Å². The van der Waals surface area contributed by atoms with Crippen molar-refractivity contribution in [2.75, 3.05) is 25.6 Å². The van der Waals surface area contributed by atoms with Crippen LogP contribution in [0.15, 0.2) is 34.4 Å². The summed E-state index contributed by atoms with van der Waals surface area (Å²) in [5.74, 6) is 1.51. The summed E-state index contributed by atoms with van der Waals surface area (Å²) in [6.07, 6.45) is 1.46. The molecule has 2 aliphatic heterocycles. The first-order valence-electron chi connectivity index (χ1n) is 9.12. The first kappa shape index (κ1) is 19.4. The highest BCUT2D eigenvalue weighted by Crippen LogP contribution is 2.34. The van der Waals surface area contributed by atoms with Crippen molar-refractivity contribution in [2.45, 2.75) is 37.6 Å². The van der Waals surface area contributed by atoms with Gasteiger partial charge in [-0.15, -0.1) is 11.8 Å². The number of fused-ring (bicyclic) bond motifs is 1. The quantitative estimate of drug-likeness (QED) is 0.572. The van der Waals surface area contributed by atoms with Crippen LogP contribution in [-0.4, -0.2) is 43.6 Å². The van der Waals surface area contributed by atoms with Gasteiger partial charge < -0.3 is 24.8 Å². The fourth-order valence-corrected chi connectivity index (χ4v) is 3.86. The van der Waals surface area contributed by atoms with Crippen LogP contribution < -0.4 is 20.1 Å². The van der Waals surface area contributed by atoms with Gasteiger partial charge in [0.25, 0.3) is 0 Å². The van der Waals surface area contributed by atoms with Gasteiger partial charge in [0.05, 0.1) is 31.4 Å². The third-order valence-corrected chi connectivity index (χ3v) is 5.27. The van der Waals surface area contributed by atoms with Crippen LogP contribution in [0, 0.1) is 0 Å². The molecule has 2 heterocycles. The lowest BCUT2D eigenvalue weighted by Gasteiger charge is -2.28. The van der Waals surface area contributed by atoms with Crippen LogP contribution in [0.5, 0.6) is 11.5 Å².